The van der Waals surface area contributed by atoms with E-state index in [9.17, 15) is 0 Å². The van der Waals surface area contributed by atoms with Crippen LogP contribution in [0.4, 0.5) is 0 Å². The highest BCUT2D eigenvalue weighted by Crippen LogP contribution is 2.22. The van der Waals surface area contributed by atoms with Crippen LogP contribution in [-0.2, 0) is 6.54 Å². The molecule has 4 heteroatoms. The van der Waals surface area contributed by atoms with E-state index >= 15 is 0 Å². The Morgan fingerprint density at radius 1 is 1.30 bits per heavy atom. The van der Waals surface area contributed by atoms with Gasteiger partial charge in [-0.15, -0.1) is 0 Å². The Bertz CT molecular complexity index is 394. The van der Waals surface area contributed by atoms with Gasteiger partial charge in [-0.05, 0) is 56.7 Å². The Morgan fingerprint density at radius 2 is 2.05 bits per heavy atom. The molecule has 0 saturated heterocycles. The molecule has 0 spiro atoms. The van der Waals surface area contributed by atoms with E-state index in [-0.39, 0.29) is 0 Å². The van der Waals surface area contributed by atoms with Crippen molar-refractivity contribution in [2.24, 2.45) is 5.92 Å². The molecule has 0 heterocycles. The van der Waals surface area contributed by atoms with Gasteiger partial charge in [0.1, 0.15) is 5.75 Å². The van der Waals surface area contributed by atoms with Gasteiger partial charge in [0.25, 0.3) is 0 Å². The van der Waals surface area contributed by atoms with Gasteiger partial charge in [-0.1, -0.05) is 29.8 Å². The molecule has 0 bridgehead atoms. The quantitative estimate of drug-likeness (QED) is 0.695. The van der Waals surface area contributed by atoms with E-state index in [0.29, 0.717) is 5.92 Å². The SMILES string of the molecule is CC(C)CNCc1cc(OCCCN(C)C)ccc1Br. The van der Waals surface area contributed by atoms with E-state index in [0.717, 1.165) is 42.9 Å². The molecule has 1 N–H and O–H groups in total. The summed E-state index contributed by atoms with van der Waals surface area (Å²) in [6.07, 6.45) is 1.05. The summed E-state index contributed by atoms with van der Waals surface area (Å²) in [4.78, 5) is 2.17. The second-order valence-electron chi connectivity index (χ2n) is 5.78. The zero-order valence-corrected chi connectivity index (χ0v) is 14.7. The van der Waals surface area contributed by atoms with Crippen molar-refractivity contribution in [3.63, 3.8) is 0 Å². The lowest BCUT2D eigenvalue weighted by Gasteiger charge is -2.13. The van der Waals surface area contributed by atoms with Crippen molar-refractivity contribution in [3.8, 4) is 5.75 Å². The highest BCUT2D eigenvalue weighted by molar-refractivity contribution is 9.10. The van der Waals surface area contributed by atoms with Crippen LogP contribution in [0.25, 0.3) is 0 Å². The van der Waals surface area contributed by atoms with Crippen LogP contribution in [0.15, 0.2) is 22.7 Å². The maximum atomic E-state index is 5.80. The predicted molar refractivity (Wildman–Crippen MR) is 89.4 cm³/mol. The fraction of sp³-hybridized carbons (Fsp3) is 0.625. The average molecular weight is 343 g/mol. The number of rotatable bonds is 9. The van der Waals surface area contributed by atoms with E-state index in [4.69, 9.17) is 4.74 Å². The molecule has 0 aliphatic rings. The molecule has 0 atom stereocenters. The first-order chi connectivity index (χ1) is 9.49. The summed E-state index contributed by atoms with van der Waals surface area (Å²) in [7, 11) is 4.16. The summed E-state index contributed by atoms with van der Waals surface area (Å²) < 4.78 is 6.94. The molecular formula is C16H27BrN2O. The summed E-state index contributed by atoms with van der Waals surface area (Å²) in [6, 6.07) is 6.20. The maximum absolute atomic E-state index is 5.80. The van der Waals surface area contributed by atoms with Crippen LogP contribution in [0, 0.1) is 5.92 Å². The second-order valence-corrected chi connectivity index (χ2v) is 6.64. The maximum Gasteiger partial charge on any atom is 0.119 e. The molecule has 1 aromatic carbocycles. The van der Waals surface area contributed by atoms with Gasteiger partial charge in [0.05, 0.1) is 6.61 Å². The molecule has 0 radical (unpaired) electrons. The standard InChI is InChI=1S/C16H27BrN2O/c1-13(2)11-18-12-14-10-15(6-7-16(14)17)20-9-5-8-19(3)4/h6-7,10,13,18H,5,8-9,11-12H2,1-4H3. The molecule has 0 aromatic heterocycles. The largest absolute Gasteiger partial charge is 0.494 e. The number of hydrogen-bond donors (Lipinski definition) is 1. The van der Waals surface area contributed by atoms with Gasteiger partial charge in [0.2, 0.25) is 0 Å². The Kier molecular flexibility index (Phi) is 8.19. The van der Waals surface area contributed by atoms with E-state index in [1.807, 2.05) is 6.07 Å². The Balaban J connectivity index is 2.44. The van der Waals surface area contributed by atoms with Gasteiger partial charge in [0, 0.05) is 17.6 Å². The molecule has 114 valence electrons. The summed E-state index contributed by atoms with van der Waals surface area (Å²) >= 11 is 3.60. The number of halogens is 1. The van der Waals surface area contributed by atoms with Gasteiger partial charge < -0.3 is 15.0 Å². The summed E-state index contributed by atoms with van der Waals surface area (Å²) in [5.41, 5.74) is 1.25. The third-order valence-electron chi connectivity index (χ3n) is 2.90. The molecule has 0 fully saturated rings. The van der Waals surface area contributed by atoms with E-state index in [2.05, 4.69) is 66.2 Å². The number of nitrogens with one attached hydrogen (secondary N) is 1. The van der Waals surface area contributed by atoms with Crippen LogP contribution in [0.2, 0.25) is 0 Å². The van der Waals surface area contributed by atoms with Crippen molar-refractivity contribution >= 4 is 15.9 Å². The Hall–Kier alpha value is -0.580. The van der Waals surface area contributed by atoms with E-state index in [1.54, 1.807) is 0 Å². The van der Waals surface area contributed by atoms with Gasteiger partial charge in [-0.3, -0.25) is 0 Å². The zero-order valence-electron chi connectivity index (χ0n) is 13.1. The summed E-state index contributed by atoms with van der Waals surface area (Å²) in [5.74, 6) is 1.62. The van der Waals surface area contributed by atoms with Crippen molar-refractivity contribution in [3.05, 3.63) is 28.2 Å². The van der Waals surface area contributed by atoms with Crippen LogP contribution in [0.5, 0.6) is 5.75 Å². The van der Waals surface area contributed by atoms with E-state index in [1.165, 1.54) is 5.56 Å². The van der Waals surface area contributed by atoms with Crippen LogP contribution >= 0.6 is 15.9 Å². The lowest BCUT2D eigenvalue weighted by atomic mass is 10.2. The molecule has 0 saturated carbocycles. The molecule has 3 nitrogen and oxygen atoms in total. The number of nitrogens with zero attached hydrogens (tertiary/aromatic N) is 1. The average Bonchev–Trinajstić information content (AvgIpc) is 2.37. The highest BCUT2D eigenvalue weighted by Gasteiger charge is 2.03. The van der Waals surface area contributed by atoms with Crippen molar-refractivity contribution in [1.29, 1.82) is 0 Å². The zero-order chi connectivity index (χ0) is 15.0. The lowest BCUT2D eigenvalue weighted by Crippen LogP contribution is -2.19. The topological polar surface area (TPSA) is 24.5 Å². The minimum absolute atomic E-state index is 0.666. The van der Waals surface area contributed by atoms with Crippen LogP contribution in [0.3, 0.4) is 0 Å². The van der Waals surface area contributed by atoms with Crippen molar-refractivity contribution in [1.82, 2.24) is 10.2 Å². The van der Waals surface area contributed by atoms with Crippen LogP contribution in [0.1, 0.15) is 25.8 Å². The summed E-state index contributed by atoms with van der Waals surface area (Å²) in [6.45, 7) is 8.14. The minimum Gasteiger partial charge on any atom is -0.494 e. The van der Waals surface area contributed by atoms with E-state index < -0.39 is 0 Å². The first-order valence-electron chi connectivity index (χ1n) is 7.25. The second kappa shape index (κ2) is 9.37. The number of benzene rings is 1. The monoisotopic (exact) mass is 342 g/mol. The molecule has 1 rings (SSSR count). The summed E-state index contributed by atoms with van der Waals surface area (Å²) in [5, 5.41) is 3.46. The normalized spacial score (nSPS) is 11.3. The molecule has 1 aromatic rings. The molecule has 0 aliphatic carbocycles. The number of hydrogen-bond acceptors (Lipinski definition) is 3. The van der Waals surface area contributed by atoms with Gasteiger partial charge >= 0.3 is 0 Å². The predicted octanol–water partition coefficient (Wildman–Crippen LogP) is 3.53. The third-order valence-corrected chi connectivity index (χ3v) is 3.68. The van der Waals surface area contributed by atoms with Crippen LogP contribution in [-0.4, -0.2) is 38.7 Å². The first kappa shape index (κ1) is 17.5. The van der Waals surface area contributed by atoms with Gasteiger partial charge in [-0.25, -0.2) is 0 Å². The van der Waals surface area contributed by atoms with Crippen LogP contribution < -0.4 is 10.1 Å². The van der Waals surface area contributed by atoms with Gasteiger partial charge in [0.15, 0.2) is 0 Å². The smallest absolute Gasteiger partial charge is 0.119 e. The highest BCUT2D eigenvalue weighted by atomic mass is 79.9. The fourth-order valence-electron chi connectivity index (χ4n) is 1.84. The third kappa shape index (κ3) is 7.27. The Labute approximate surface area is 131 Å². The van der Waals surface area contributed by atoms with Crippen molar-refractivity contribution < 1.29 is 4.74 Å². The number of ether oxygens (including phenoxy) is 1. The van der Waals surface area contributed by atoms with Gasteiger partial charge in [-0.2, -0.15) is 0 Å². The van der Waals surface area contributed by atoms with Crippen molar-refractivity contribution in [2.75, 3.05) is 33.8 Å². The molecule has 0 aliphatic heterocycles. The molecular weight excluding hydrogens is 316 g/mol. The Morgan fingerprint density at radius 3 is 2.70 bits per heavy atom. The minimum atomic E-state index is 0.666. The fourth-order valence-corrected chi connectivity index (χ4v) is 2.23. The van der Waals surface area contributed by atoms with Crippen molar-refractivity contribution in [2.45, 2.75) is 26.8 Å². The molecule has 0 unspecified atom stereocenters. The molecule has 20 heavy (non-hydrogen) atoms. The first-order valence-corrected chi connectivity index (χ1v) is 8.05. The molecule has 0 amide bonds. The lowest BCUT2D eigenvalue weighted by molar-refractivity contribution is 0.281.